The smallest absolute Gasteiger partial charge is 0.203 e. The van der Waals surface area contributed by atoms with Gasteiger partial charge in [0.1, 0.15) is 0 Å². The van der Waals surface area contributed by atoms with Crippen LogP contribution in [-0.4, -0.2) is 38.6 Å². The van der Waals surface area contributed by atoms with Crippen molar-refractivity contribution < 1.29 is 18.9 Å². The number of aryl methyl sites for hydroxylation is 2. The third kappa shape index (κ3) is 4.54. The zero-order valence-electron chi connectivity index (χ0n) is 19.3. The van der Waals surface area contributed by atoms with Crippen LogP contribution in [0.3, 0.4) is 0 Å². The Balaban J connectivity index is 1.88. The fourth-order valence-corrected chi connectivity index (χ4v) is 4.92. The summed E-state index contributed by atoms with van der Waals surface area (Å²) in [4.78, 5) is 5.99. The van der Waals surface area contributed by atoms with Crippen molar-refractivity contribution in [3.63, 3.8) is 0 Å². The molecule has 170 valence electrons. The summed E-state index contributed by atoms with van der Waals surface area (Å²) in [6, 6.07) is 10.3. The second-order valence-corrected chi connectivity index (χ2v) is 8.80. The number of benzene rings is 2. The van der Waals surface area contributed by atoms with Crippen LogP contribution in [0.25, 0.3) is 11.3 Å². The van der Waals surface area contributed by atoms with Crippen LogP contribution in [-0.2, 0) is 11.3 Å². The van der Waals surface area contributed by atoms with Gasteiger partial charge in [0, 0.05) is 17.6 Å². The first-order valence-corrected chi connectivity index (χ1v) is 11.6. The summed E-state index contributed by atoms with van der Waals surface area (Å²) in [6.45, 7) is 5.75. The van der Waals surface area contributed by atoms with E-state index in [-0.39, 0.29) is 6.10 Å². The van der Waals surface area contributed by atoms with Gasteiger partial charge < -0.3 is 23.5 Å². The average molecular weight is 455 g/mol. The van der Waals surface area contributed by atoms with Crippen LogP contribution < -0.4 is 19.0 Å². The lowest BCUT2D eigenvalue weighted by Crippen LogP contribution is -2.24. The van der Waals surface area contributed by atoms with E-state index in [0.717, 1.165) is 53.3 Å². The van der Waals surface area contributed by atoms with Crippen LogP contribution in [0.4, 0.5) is 5.69 Å². The normalized spacial score (nSPS) is 16.4. The molecule has 3 aromatic rings. The maximum absolute atomic E-state index is 5.96. The van der Waals surface area contributed by atoms with E-state index in [2.05, 4.69) is 42.0 Å². The zero-order chi connectivity index (χ0) is 22.7. The van der Waals surface area contributed by atoms with Crippen molar-refractivity contribution >= 4 is 17.0 Å². The van der Waals surface area contributed by atoms with Crippen molar-refractivity contribution in [3.05, 3.63) is 51.6 Å². The van der Waals surface area contributed by atoms with Gasteiger partial charge in [0.05, 0.1) is 45.4 Å². The Hall–Kier alpha value is -2.77. The molecule has 0 amide bonds. The molecule has 4 rings (SSSR count). The fraction of sp³-hybridized carbons (Fsp3) is 0.400. The number of hydrogen-bond acceptors (Lipinski definition) is 6. The van der Waals surface area contributed by atoms with Crippen molar-refractivity contribution in [3.8, 4) is 28.5 Å². The predicted octanol–water partition coefficient (Wildman–Crippen LogP) is 5.27. The van der Waals surface area contributed by atoms with Gasteiger partial charge in [0.15, 0.2) is 16.3 Å². The highest BCUT2D eigenvalue weighted by molar-refractivity contribution is 7.07. The Kier molecular flexibility index (Phi) is 6.86. The van der Waals surface area contributed by atoms with E-state index in [4.69, 9.17) is 23.9 Å². The molecule has 0 unspecified atom stereocenters. The highest BCUT2D eigenvalue weighted by Crippen LogP contribution is 2.41. The van der Waals surface area contributed by atoms with Crippen molar-refractivity contribution in [1.82, 2.24) is 4.57 Å². The molecule has 1 aromatic heterocycles. The first-order chi connectivity index (χ1) is 15.5. The second kappa shape index (κ2) is 9.79. The van der Waals surface area contributed by atoms with Gasteiger partial charge in [-0.25, -0.2) is 4.99 Å². The molecule has 32 heavy (non-hydrogen) atoms. The van der Waals surface area contributed by atoms with Gasteiger partial charge in [0.2, 0.25) is 5.75 Å². The van der Waals surface area contributed by atoms with Gasteiger partial charge in [-0.3, -0.25) is 0 Å². The van der Waals surface area contributed by atoms with Crippen LogP contribution in [0.15, 0.2) is 40.7 Å². The number of ether oxygens (including phenoxy) is 4. The van der Waals surface area contributed by atoms with Gasteiger partial charge in [-0.2, -0.15) is 0 Å². The van der Waals surface area contributed by atoms with Crippen molar-refractivity contribution in [2.24, 2.45) is 4.99 Å². The van der Waals surface area contributed by atoms with Crippen LogP contribution >= 0.6 is 11.3 Å². The molecule has 0 bridgehead atoms. The van der Waals surface area contributed by atoms with E-state index in [1.54, 1.807) is 32.7 Å². The van der Waals surface area contributed by atoms with Crippen LogP contribution in [0.5, 0.6) is 17.2 Å². The first kappa shape index (κ1) is 22.4. The van der Waals surface area contributed by atoms with Crippen molar-refractivity contribution in [2.75, 3.05) is 27.9 Å². The lowest BCUT2D eigenvalue weighted by atomic mass is 10.1. The van der Waals surface area contributed by atoms with Gasteiger partial charge in [-0.1, -0.05) is 12.1 Å². The first-order valence-electron chi connectivity index (χ1n) is 10.8. The second-order valence-electron chi connectivity index (χ2n) is 7.96. The Bertz CT molecular complexity index is 1130. The molecule has 1 aliphatic heterocycles. The quantitative estimate of drug-likeness (QED) is 0.488. The molecule has 6 nitrogen and oxygen atoms in total. The third-order valence-corrected chi connectivity index (χ3v) is 6.61. The highest BCUT2D eigenvalue weighted by Gasteiger charge is 2.21. The summed E-state index contributed by atoms with van der Waals surface area (Å²) in [6.07, 6.45) is 2.33. The van der Waals surface area contributed by atoms with Crippen LogP contribution in [0.2, 0.25) is 0 Å². The van der Waals surface area contributed by atoms with E-state index in [1.165, 1.54) is 5.56 Å². The van der Waals surface area contributed by atoms with E-state index in [9.17, 15) is 0 Å². The Morgan fingerprint density at radius 2 is 1.81 bits per heavy atom. The highest BCUT2D eigenvalue weighted by atomic mass is 32.1. The molecule has 1 atom stereocenters. The maximum Gasteiger partial charge on any atom is 0.203 e. The molecular formula is C25H30N2O4S. The molecule has 1 fully saturated rings. The van der Waals surface area contributed by atoms with Crippen molar-refractivity contribution in [2.45, 2.75) is 39.3 Å². The summed E-state index contributed by atoms with van der Waals surface area (Å²) in [7, 11) is 4.89. The molecule has 2 heterocycles. The van der Waals surface area contributed by atoms with Crippen LogP contribution in [0.1, 0.15) is 24.0 Å². The molecular weight excluding hydrogens is 424 g/mol. The Morgan fingerprint density at radius 3 is 2.44 bits per heavy atom. The number of methoxy groups -OCH3 is 3. The number of thiazole rings is 1. The van der Waals surface area contributed by atoms with Crippen molar-refractivity contribution in [1.29, 1.82) is 0 Å². The standard InChI is InChI=1S/C25H30N2O4S/c1-16-8-9-17(2)20(11-16)26-25-27(14-19-7-6-10-31-19)21(15-32-25)18-12-22(28-3)24(30-5)23(13-18)29-4/h8-9,11-13,15,19H,6-7,10,14H2,1-5H3/t19-/m1/s1. The lowest BCUT2D eigenvalue weighted by Gasteiger charge is -2.17. The molecule has 0 saturated carbocycles. The summed E-state index contributed by atoms with van der Waals surface area (Å²) in [5.74, 6) is 1.84. The van der Waals surface area contributed by atoms with Gasteiger partial charge >= 0.3 is 0 Å². The van der Waals surface area contributed by atoms with Crippen LogP contribution in [0, 0.1) is 13.8 Å². The monoisotopic (exact) mass is 454 g/mol. The minimum Gasteiger partial charge on any atom is -0.493 e. The molecule has 7 heteroatoms. The van der Waals surface area contributed by atoms with Gasteiger partial charge in [0.25, 0.3) is 0 Å². The number of aromatic nitrogens is 1. The molecule has 0 radical (unpaired) electrons. The molecule has 2 aromatic carbocycles. The average Bonchev–Trinajstić information content (AvgIpc) is 3.46. The topological polar surface area (TPSA) is 54.2 Å². The summed E-state index contributed by atoms with van der Waals surface area (Å²) < 4.78 is 24.9. The maximum atomic E-state index is 5.96. The molecule has 1 saturated heterocycles. The van der Waals surface area contributed by atoms with E-state index in [0.29, 0.717) is 17.2 Å². The predicted molar refractivity (Wildman–Crippen MR) is 128 cm³/mol. The Labute approximate surface area is 193 Å². The Morgan fingerprint density at radius 1 is 1.06 bits per heavy atom. The van der Waals surface area contributed by atoms with E-state index < -0.39 is 0 Å². The number of rotatable bonds is 7. The third-order valence-electron chi connectivity index (χ3n) is 5.75. The number of nitrogens with zero attached hydrogens (tertiary/aromatic N) is 2. The summed E-state index contributed by atoms with van der Waals surface area (Å²) in [5.41, 5.74) is 5.37. The fourth-order valence-electron chi connectivity index (χ4n) is 3.99. The summed E-state index contributed by atoms with van der Waals surface area (Å²) in [5, 5.41) is 2.14. The van der Waals surface area contributed by atoms with Gasteiger partial charge in [-0.05, 0) is 56.0 Å². The minimum atomic E-state index is 0.183. The largest absolute Gasteiger partial charge is 0.493 e. The van der Waals surface area contributed by atoms with E-state index in [1.807, 2.05) is 12.1 Å². The molecule has 0 aliphatic carbocycles. The lowest BCUT2D eigenvalue weighted by molar-refractivity contribution is 0.0968. The van der Waals surface area contributed by atoms with Gasteiger partial charge in [-0.15, -0.1) is 11.3 Å². The SMILES string of the molecule is COc1cc(-c2csc(=Nc3cc(C)ccc3C)n2C[C@H]2CCCO2)cc(OC)c1OC. The minimum absolute atomic E-state index is 0.183. The molecule has 0 spiro atoms. The molecule has 1 aliphatic rings. The van der Waals surface area contributed by atoms with E-state index >= 15 is 0 Å². The summed E-state index contributed by atoms with van der Waals surface area (Å²) >= 11 is 1.63. The molecule has 0 N–H and O–H groups in total. The number of hydrogen-bond donors (Lipinski definition) is 0. The zero-order valence-corrected chi connectivity index (χ0v) is 20.1.